The quantitative estimate of drug-likeness (QED) is 0.474. The van der Waals surface area contributed by atoms with Crippen LogP contribution in [0.3, 0.4) is 0 Å². The highest BCUT2D eigenvalue weighted by Gasteiger charge is 2.31. The number of rotatable bonds is 11. The number of nitrogens with one attached hydrogen (secondary N) is 1. The molecule has 0 aromatic heterocycles. The Morgan fingerprint density at radius 2 is 1.65 bits per heavy atom. The van der Waals surface area contributed by atoms with Crippen molar-refractivity contribution in [1.29, 1.82) is 0 Å². The van der Waals surface area contributed by atoms with Gasteiger partial charge in [-0.05, 0) is 63.4 Å². The van der Waals surface area contributed by atoms with Crippen molar-refractivity contribution in [2.45, 2.75) is 71.5 Å². The van der Waals surface area contributed by atoms with E-state index in [-0.39, 0.29) is 18.5 Å². The van der Waals surface area contributed by atoms with Gasteiger partial charge in [-0.3, -0.25) is 13.9 Å². The van der Waals surface area contributed by atoms with E-state index in [0.717, 1.165) is 47.4 Å². The predicted octanol–water partition coefficient (Wildman–Crippen LogP) is 4.03. The van der Waals surface area contributed by atoms with Crippen molar-refractivity contribution >= 4 is 27.5 Å². The van der Waals surface area contributed by atoms with Crippen LogP contribution in [0.15, 0.2) is 48.5 Å². The third-order valence-corrected chi connectivity index (χ3v) is 7.85. The minimum Gasteiger partial charge on any atom is -0.494 e. The summed E-state index contributed by atoms with van der Waals surface area (Å²) in [5.74, 6) is -0.0643. The number of hydrogen-bond donors (Lipinski definition) is 1. The SMILES string of the molecule is CCOc1ccc(N(CC(=O)N(Cc2ccc(C)cc2)C(C)C(=O)NC2CCCCC2)S(C)(=O)=O)cc1. The summed E-state index contributed by atoms with van der Waals surface area (Å²) in [6.45, 7) is 5.81. The maximum Gasteiger partial charge on any atom is 0.244 e. The van der Waals surface area contributed by atoms with Gasteiger partial charge in [-0.15, -0.1) is 0 Å². The summed E-state index contributed by atoms with van der Waals surface area (Å²) in [4.78, 5) is 28.3. The molecule has 3 rings (SSSR count). The van der Waals surface area contributed by atoms with Gasteiger partial charge in [0.15, 0.2) is 0 Å². The normalized spacial score (nSPS) is 15.0. The minimum atomic E-state index is -3.77. The summed E-state index contributed by atoms with van der Waals surface area (Å²) in [7, 11) is -3.77. The number of sulfonamides is 1. The second-order valence-corrected chi connectivity index (χ2v) is 11.6. The van der Waals surface area contributed by atoms with Gasteiger partial charge < -0.3 is 15.0 Å². The second-order valence-electron chi connectivity index (χ2n) is 9.72. The fourth-order valence-corrected chi connectivity index (χ4v) is 5.38. The Kier molecular flexibility index (Phi) is 9.97. The fourth-order valence-electron chi connectivity index (χ4n) is 4.53. The van der Waals surface area contributed by atoms with Gasteiger partial charge in [0.2, 0.25) is 21.8 Å². The van der Waals surface area contributed by atoms with Crippen molar-refractivity contribution in [1.82, 2.24) is 10.2 Å². The molecule has 37 heavy (non-hydrogen) atoms. The first kappa shape index (κ1) is 28.5. The molecular formula is C28H39N3O5S. The van der Waals surface area contributed by atoms with E-state index in [4.69, 9.17) is 4.74 Å². The summed E-state index contributed by atoms with van der Waals surface area (Å²) in [6.07, 6.45) is 6.27. The van der Waals surface area contributed by atoms with Crippen molar-refractivity contribution in [3.8, 4) is 5.75 Å². The lowest BCUT2D eigenvalue weighted by atomic mass is 9.95. The summed E-state index contributed by atoms with van der Waals surface area (Å²) < 4.78 is 31.9. The number of aryl methyl sites for hydroxylation is 1. The Morgan fingerprint density at radius 3 is 2.22 bits per heavy atom. The number of benzene rings is 2. The molecule has 1 saturated carbocycles. The molecular weight excluding hydrogens is 490 g/mol. The smallest absolute Gasteiger partial charge is 0.244 e. The topological polar surface area (TPSA) is 96.0 Å². The highest BCUT2D eigenvalue weighted by molar-refractivity contribution is 7.92. The third kappa shape index (κ3) is 8.21. The van der Waals surface area contributed by atoms with Crippen LogP contribution in [0.2, 0.25) is 0 Å². The van der Waals surface area contributed by atoms with Crippen LogP contribution < -0.4 is 14.4 Å². The zero-order valence-electron chi connectivity index (χ0n) is 22.3. The van der Waals surface area contributed by atoms with Gasteiger partial charge in [-0.25, -0.2) is 8.42 Å². The Balaban J connectivity index is 1.84. The Bertz CT molecular complexity index is 1140. The lowest BCUT2D eigenvalue weighted by molar-refractivity contribution is -0.139. The average Bonchev–Trinajstić information content (AvgIpc) is 2.87. The summed E-state index contributed by atoms with van der Waals surface area (Å²) in [5, 5.41) is 3.10. The first-order valence-corrected chi connectivity index (χ1v) is 14.8. The summed E-state index contributed by atoms with van der Waals surface area (Å²) >= 11 is 0. The minimum absolute atomic E-state index is 0.108. The van der Waals surface area contributed by atoms with Gasteiger partial charge in [0.1, 0.15) is 18.3 Å². The van der Waals surface area contributed by atoms with Crippen molar-refractivity contribution in [3.63, 3.8) is 0 Å². The number of nitrogens with zero attached hydrogens (tertiary/aromatic N) is 2. The molecule has 2 aromatic carbocycles. The maximum absolute atomic E-state index is 13.7. The maximum atomic E-state index is 13.7. The molecule has 0 bridgehead atoms. The van der Waals surface area contributed by atoms with E-state index in [2.05, 4.69) is 5.32 Å². The standard InChI is InChI=1S/C28H39N3O5S/c1-5-36-26-17-15-25(16-18-26)31(37(4,34)35)20-27(32)30(19-23-13-11-21(2)12-14-23)22(3)28(33)29-24-9-7-6-8-10-24/h11-18,22,24H,5-10,19-20H2,1-4H3,(H,29,33). The fraction of sp³-hybridized carbons (Fsp3) is 0.500. The molecule has 1 N–H and O–H groups in total. The number of amides is 2. The molecule has 2 aromatic rings. The highest BCUT2D eigenvalue weighted by Crippen LogP contribution is 2.23. The van der Waals surface area contributed by atoms with E-state index in [0.29, 0.717) is 18.0 Å². The van der Waals surface area contributed by atoms with Crippen molar-refractivity contribution in [2.75, 3.05) is 23.7 Å². The van der Waals surface area contributed by atoms with Gasteiger partial charge in [-0.1, -0.05) is 49.1 Å². The molecule has 0 saturated heterocycles. The van der Waals surface area contributed by atoms with Crippen LogP contribution in [-0.2, 0) is 26.2 Å². The van der Waals surface area contributed by atoms with Gasteiger partial charge >= 0.3 is 0 Å². The van der Waals surface area contributed by atoms with E-state index in [9.17, 15) is 18.0 Å². The molecule has 1 unspecified atom stereocenters. The van der Waals surface area contributed by atoms with E-state index in [1.807, 2.05) is 38.1 Å². The number of carbonyl (C=O) groups is 2. The molecule has 0 radical (unpaired) electrons. The molecule has 0 aliphatic heterocycles. The molecule has 1 aliphatic carbocycles. The predicted molar refractivity (Wildman–Crippen MR) is 146 cm³/mol. The molecule has 1 fully saturated rings. The highest BCUT2D eigenvalue weighted by atomic mass is 32.2. The molecule has 2 amide bonds. The van der Waals surface area contributed by atoms with Gasteiger partial charge in [0.25, 0.3) is 0 Å². The number of carbonyl (C=O) groups excluding carboxylic acids is 2. The lowest BCUT2D eigenvalue weighted by Gasteiger charge is -2.33. The van der Waals surface area contributed by atoms with Crippen molar-refractivity contribution < 1.29 is 22.7 Å². The number of anilines is 1. The largest absolute Gasteiger partial charge is 0.494 e. The van der Waals surface area contributed by atoms with E-state index < -0.39 is 28.5 Å². The Morgan fingerprint density at radius 1 is 1.03 bits per heavy atom. The zero-order chi connectivity index (χ0) is 27.0. The molecule has 0 spiro atoms. The van der Waals surface area contributed by atoms with Crippen LogP contribution in [-0.4, -0.2) is 56.6 Å². The molecule has 9 heteroatoms. The number of hydrogen-bond acceptors (Lipinski definition) is 5. The van der Waals surface area contributed by atoms with Crippen LogP contribution in [0, 0.1) is 6.92 Å². The molecule has 1 aliphatic rings. The van der Waals surface area contributed by atoms with Crippen LogP contribution in [0.25, 0.3) is 0 Å². The second kappa shape index (κ2) is 12.9. The number of ether oxygens (including phenoxy) is 1. The van der Waals surface area contributed by atoms with Crippen LogP contribution in [0.5, 0.6) is 5.75 Å². The van der Waals surface area contributed by atoms with Crippen LogP contribution >= 0.6 is 0 Å². The van der Waals surface area contributed by atoms with E-state index >= 15 is 0 Å². The van der Waals surface area contributed by atoms with Crippen LogP contribution in [0.1, 0.15) is 57.1 Å². The average molecular weight is 530 g/mol. The van der Waals surface area contributed by atoms with Crippen molar-refractivity contribution in [3.05, 3.63) is 59.7 Å². The van der Waals surface area contributed by atoms with Gasteiger partial charge in [0, 0.05) is 12.6 Å². The Labute approximate surface area is 221 Å². The molecule has 1 atom stereocenters. The summed E-state index contributed by atoms with van der Waals surface area (Å²) in [6, 6.07) is 13.7. The molecule has 8 nitrogen and oxygen atoms in total. The van der Waals surface area contributed by atoms with Gasteiger partial charge in [-0.2, -0.15) is 0 Å². The molecule has 202 valence electrons. The summed E-state index contributed by atoms with van der Waals surface area (Å²) in [5.41, 5.74) is 2.31. The van der Waals surface area contributed by atoms with Crippen LogP contribution in [0.4, 0.5) is 5.69 Å². The third-order valence-electron chi connectivity index (χ3n) is 6.71. The van der Waals surface area contributed by atoms with Gasteiger partial charge in [0.05, 0.1) is 18.6 Å². The Hall–Kier alpha value is -3.07. The van der Waals surface area contributed by atoms with Crippen molar-refractivity contribution in [2.24, 2.45) is 0 Å². The first-order chi connectivity index (χ1) is 17.6. The lowest BCUT2D eigenvalue weighted by Crippen LogP contribution is -2.52. The molecule has 0 heterocycles. The van der Waals surface area contributed by atoms with E-state index in [1.54, 1.807) is 31.2 Å². The zero-order valence-corrected chi connectivity index (χ0v) is 23.1. The monoisotopic (exact) mass is 529 g/mol. The van der Waals surface area contributed by atoms with E-state index in [1.165, 1.54) is 11.3 Å². The first-order valence-electron chi connectivity index (χ1n) is 12.9.